The van der Waals surface area contributed by atoms with Crippen LogP contribution in [0, 0.1) is 12.8 Å². The number of rotatable bonds is 3. The van der Waals surface area contributed by atoms with E-state index in [0.717, 1.165) is 23.8 Å². The number of benzene rings is 1. The molecule has 1 saturated carbocycles. The van der Waals surface area contributed by atoms with Gasteiger partial charge in [0.15, 0.2) is 0 Å². The summed E-state index contributed by atoms with van der Waals surface area (Å²) in [5.74, 6) is 1.90. The quantitative estimate of drug-likeness (QED) is 0.872. The van der Waals surface area contributed by atoms with Crippen molar-refractivity contribution in [2.45, 2.75) is 32.6 Å². The van der Waals surface area contributed by atoms with E-state index in [1.165, 1.54) is 36.6 Å². The fraction of sp³-hybridized carbons (Fsp3) is 0.438. The minimum absolute atomic E-state index is 0.845. The molecule has 0 atom stereocenters. The van der Waals surface area contributed by atoms with E-state index >= 15 is 0 Å². The number of aryl methyl sites for hydroxylation is 1. The maximum Gasteiger partial charge on any atom is 0.129 e. The van der Waals surface area contributed by atoms with Gasteiger partial charge in [0, 0.05) is 11.9 Å². The van der Waals surface area contributed by atoms with Crippen molar-refractivity contribution in [3.63, 3.8) is 0 Å². The molecule has 1 aromatic heterocycles. The second-order valence-corrected chi connectivity index (χ2v) is 5.38. The Morgan fingerprint density at radius 2 is 2.00 bits per heavy atom. The average molecular weight is 240 g/mol. The fourth-order valence-corrected chi connectivity index (χ4v) is 2.86. The lowest BCUT2D eigenvalue weighted by molar-refractivity contribution is 0.579. The summed E-state index contributed by atoms with van der Waals surface area (Å²) in [6.45, 7) is 3.21. The third-order valence-electron chi connectivity index (χ3n) is 3.95. The summed E-state index contributed by atoms with van der Waals surface area (Å²) in [6, 6.07) is 10.5. The molecule has 0 aliphatic heterocycles. The van der Waals surface area contributed by atoms with E-state index in [1.807, 2.05) is 6.07 Å². The first-order valence-electron chi connectivity index (χ1n) is 6.93. The Labute approximate surface area is 108 Å². The summed E-state index contributed by atoms with van der Waals surface area (Å²) >= 11 is 0. The zero-order chi connectivity index (χ0) is 12.4. The molecule has 0 radical (unpaired) electrons. The molecular formula is C16H20N2. The maximum atomic E-state index is 4.72. The van der Waals surface area contributed by atoms with Crippen LogP contribution in [-0.2, 0) is 0 Å². The molecule has 1 N–H and O–H groups in total. The Bertz CT molecular complexity index is 542. The highest BCUT2D eigenvalue weighted by molar-refractivity contribution is 5.81. The van der Waals surface area contributed by atoms with Crippen LogP contribution < -0.4 is 5.32 Å². The highest BCUT2D eigenvalue weighted by atomic mass is 15.0. The van der Waals surface area contributed by atoms with Crippen LogP contribution in [-0.4, -0.2) is 11.5 Å². The molecule has 0 bridgehead atoms. The van der Waals surface area contributed by atoms with Crippen LogP contribution >= 0.6 is 0 Å². The van der Waals surface area contributed by atoms with Gasteiger partial charge in [0.2, 0.25) is 0 Å². The Hall–Kier alpha value is -1.57. The van der Waals surface area contributed by atoms with E-state index in [9.17, 15) is 0 Å². The standard InChI is InChI=1S/C16H20N2/c1-12-10-14-8-4-5-9-15(14)18-16(12)17-11-13-6-2-3-7-13/h4-5,8-10,13H,2-3,6-7,11H2,1H3,(H,17,18). The molecule has 1 aliphatic carbocycles. The Balaban J connectivity index is 1.80. The summed E-state index contributed by atoms with van der Waals surface area (Å²) in [5.41, 5.74) is 2.32. The van der Waals surface area contributed by atoms with Gasteiger partial charge in [-0.1, -0.05) is 31.0 Å². The first-order chi connectivity index (χ1) is 8.83. The lowest BCUT2D eigenvalue weighted by Crippen LogP contribution is -2.12. The molecule has 18 heavy (non-hydrogen) atoms. The molecule has 0 saturated heterocycles. The summed E-state index contributed by atoms with van der Waals surface area (Å²) in [7, 11) is 0. The van der Waals surface area contributed by atoms with Crippen molar-refractivity contribution < 1.29 is 0 Å². The van der Waals surface area contributed by atoms with Crippen molar-refractivity contribution in [2.24, 2.45) is 5.92 Å². The highest BCUT2D eigenvalue weighted by Gasteiger charge is 2.15. The Kier molecular flexibility index (Phi) is 3.18. The highest BCUT2D eigenvalue weighted by Crippen LogP contribution is 2.26. The van der Waals surface area contributed by atoms with Crippen LogP contribution in [0.5, 0.6) is 0 Å². The molecular weight excluding hydrogens is 220 g/mol. The van der Waals surface area contributed by atoms with E-state index in [4.69, 9.17) is 4.98 Å². The molecule has 1 heterocycles. The third kappa shape index (κ3) is 2.33. The number of nitrogens with zero attached hydrogens (tertiary/aromatic N) is 1. The van der Waals surface area contributed by atoms with Gasteiger partial charge in [0.05, 0.1) is 5.52 Å². The smallest absolute Gasteiger partial charge is 0.129 e. The minimum atomic E-state index is 0.845. The summed E-state index contributed by atoms with van der Waals surface area (Å²) in [4.78, 5) is 4.72. The molecule has 1 aliphatic rings. The molecule has 2 aromatic rings. The first kappa shape index (κ1) is 11.5. The van der Waals surface area contributed by atoms with Crippen molar-refractivity contribution >= 4 is 16.7 Å². The zero-order valence-corrected chi connectivity index (χ0v) is 10.9. The molecule has 1 aromatic carbocycles. The minimum Gasteiger partial charge on any atom is -0.370 e. The zero-order valence-electron chi connectivity index (χ0n) is 10.9. The normalized spacial score (nSPS) is 16.3. The van der Waals surface area contributed by atoms with Crippen molar-refractivity contribution in [2.75, 3.05) is 11.9 Å². The topological polar surface area (TPSA) is 24.9 Å². The van der Waals surface area contributed by atoms with Crippen LogP contribution in [0.3, 0.4) is 0 Å². The predicted molar refractivity (Wildman–Crippen MR) is 76.9 cm³/mol. The number of aromatic nitrogens is 1. The Morgan fingerprint density at radius 1 is 1.22 bits per heavy atom. The number of hydrogen-bond acceptors (Lipinski definition) is 2. The molecule has 94 valence electrons. The van der Waals surface area contributed by atoms with Crippen molar-refractivity contribution in [3.05, 3.63) is 35.9 Å². The van der Waals surface area contributed by atoms with E-state index in [2.05, 4.69) is 36.5 Å². The third-order valence-corrected chi connectivity index (χ3v) is 3.95. The van der Waals surface area contributed by atoms with Gasteiger partial charge >= 0.3 is 0 Å². The van der Waals surface area contributed by atoms with E-state index in [0.29, 0.717) is 0 Å². The molecule has 3 rings (SSSR count). The van der Waals surface area contributed by atoms with E-state index in [-0.39, 0.29) is 0 Å². The van der Waals surface area contributed by atoms with Gasteiger partial charge in [-0.15, -0.1) is 0 Å². The number of anilines is 1. The summed E-state index contributed by atoms with van der Waals surface area (Å²) in [5, 5.41) is 4.76. The molecule has 0 amide bonds. The SMILES string of the molecule is Cc1cc2ccccc2nc1NCC1CCCC1. The van der Waals surface area contributed by atoms with Gasteiger partial charge in [-0.2, -0.15) is 0 Å². The number of para-hydroxylation sites is 1. The van der Waals surface area contributed by atoms with Crippen molar-refractivity contribution in [1.29, 1.82) is 0 Å². The molecule has 2 nitrogen and oxygen atoms in total. The van der Waals surface area contributed by atoms with Crippen LogP contribution in [0.1, 0.15) is 31.2 Å². The fourth-order valence-electron chi connectivity index (χ4n) is 2.86. The van der Waals surface area contributed by atoms with Crippen molar-refractivity contribution in [1.82, 2.24) is 4.98 Å². The van der Waals surface area contributed by atoms with Gasteiger partial charge in [-0.3, -0.25) is 0 Å². The van der Waals surface area contributed by atoms with Gasteiger partial charge < -0.3 is 5.32 Å². The largest absolute Gasteiger partial charge is 0.370 e. The predicted octanol–water partition coefficient (Wildman–Crippen LogP) is 4.15. The van der Waals surface area contributed by atoms with Gasteiger partial charge in [0.1, 0.15) is 5.82 Å². The maximum absolute atomic E-state index is 4.72. The molecule has 0 spiro atoms. The lowest BCUT2D eigenvalue weighted by atomic mass is 10.1. The molecule has 2 heteroatoms. The number of pyridine rings is 1. The van der Waals surface area contributed by atoms with Crippen LogP contribution in [0.4, 0.5) is 5.82 Å². The number of fused-ring (bicyclic) bond motifs is 1. The van der Waals surface area contributed by atoms with E-state index < -0.39 is 0 Å². The van der Waals surface area contributed by atoms with Gasteiger partial charge in [0.25, 0.3) is 0 Å². The monoisotopic (exact) mass is 240 g/mol. The van der Waals surface area contributed by atoms with E-state index in [1.54, 1.807) is 0 Å². The van der Waals surface area contributed by atoms with Crippen molar-refractivity contribution in [3.8, 4) is 0 Å². The number of nitrogens with one attached hydrogen (secondary N) is 1. The van der Waals surface area contributed by atoms with Gasteiger partial charge in [-0.05, 0) is 43.4 Å². The van der Waals surface area contributed by atoms with Crippen LogP contribution in [0.25, 0.3) is 10.9 Å². The second kappa shape index (κ2) is 4.97. The van der Waals surface area contributed by atoms with Gasteiger partial charge in [-0.25, -0.2) is 4.98 Å². The Morgan fingerprint density at radius 3 is 2.83 bits per heavy atom. The summed E-state index contributed by atoms with van der Waals surface area (Å²) < 4.78 is 0. The summed E-state index contributed by atoms with van der Waals surface area (Å²) in [6.07, 6.45) is 5.55. The first-order valence-corrected chi connectivity index (χ1v) is 6.93. The average Bonchev–Trinajstić information content (AvgIpc) is 2.89. The van der Waals surface area contributed by atoms with Crippen LogP contribution in [0.2, 0.25) is 0 Å². The molecule has 1 fully saturated rings. The second-order valence-electron chi connectivity index (χ2n) is 5.38. The lowest BCUT2D eigenvalue weighted by Gasteiger charge is -2.13. The molecule has 0 unspecified atom stereocenters. The number of hydrogen-bond donors (Lipinski definition) is 1. The van der Waals surface area contributed by atoms with Crippen LogP contribution in [0.15, 0.2) is 30.3 Å².